The minimum absolute atomic E-state index is 0.414. The van der Waals surface area contributed by atoms with E-state index in [1.165, 1.54) is 6.82 Å². The molecule has 0 aliphatic carbocycles. The van der Waals surface area contributed by atoms with E-state index in [0.717, 1.165) is 6.54 Å². The van der Waals surface area contributed by atoms with Crippen LogP contribution >= 0.6 is 0 Å². The van der Waals surface area contributed by atoms with Gasteiger partial charge in [0.2, 0.25) is 6.33 Å². The highest BCUT2D eigenvalue weighted by Gasteiger charge is 2.16. The third kappa shape index (κ3) is 5.74. The van der Waals surface area contributed by atoms with Gasteiger partial charge in [-0.2, -0.15) is 0 Å². The average molecular weight is 234 g/mol. The smallest absolute Gasteiger partial charge is 0.312 e. The van der Waals surface area contributed by atoms with Crippen LogP contribution in [0.4, 0.5) is 0 Å². The number of imidazole rings is 1. The van der Waals surface area contributed by atoms with Crippen LogP contribution in [0.1, 0.15) is 13.8 Å². The van der Waals surface area contributed by atoms with E-state index in [4.69, 9.17) is 15.2 Å². The third-order valence-electron chi connectivity index (χ3n) is 2.18. The maximum atomic E-state index is 8.35. The predicted molar refractivity (Wildman–Crippen MR) is 65.8 cm³/mol. The van der Waals surface area contributed by atoms with Crippen molar-refractivity contribution in [2.45, 2.75) is 27.2 Å². The molecule has 0 atom stereocenters. The van der Waals surface area contributed by atoms with Crippen LogP contribution in [0.5, 0.6) is 0 Å². The highest BCUT2D eigenvalue weighted by Crippen LogP contribution is 1.99. The Morgan fingerprint density at radius 2 is 1.94 bits per heavy atom. The van der Waals surface area contributed by atoms with Gasteiger partial charge in [-0.1, -0.05) is 0 Å². The van der Waals surface area contributed by atoms with Crippen molar-refractivity contribution >= 4 is 6.35 Å². The van der Waals surface area contributed by atoms with E-state index in [-0.39, 0.29) is 0 Å². The van der Waals surface area contributed by atoms with Crippen molar-refractivity contribution in [3.05, 3.63) is 18.7 Å². The van der Waals surface area contributed by atoms with Crippen molar-refractivity contribution in [2.75, 3.05) is 6.61 Å². The first-order chi connectivity index (χ1) is 8.01. The number of rotatable bonds is 3. The molecule has 0 saturated heterocycles. The van der Waals surface area contributed by atoms with Crippen LogP contribution in [-0.2, 0) is 18.2 Å². The summed E-state index contributed by atoms with van der Waals surface area (Å²) < 4.78 is 9.02. The minimum Gasteiger partial charge on any atom is -0.568 e. The first-order valence-corrected chi connectivity index (χ1v) is 5.67. The SMILES string of the molecule is CCO[B-](C)(C#N)C#N.CCn1cc[n+](C)c1. The molecule has 0 amide bonds. The summed E-state index contributed by atoms with van der Waals surface area (Å²) in [6, 6.07) is 0. The minimum atomic E-state index is -1.85. The lowest BCUT2D eigenvalue weighted by atomic mass is 9.45. The summed E-state index contributed by atoms with van der Waals surface area (Å²) in [6.45, 7) is 6.86. The molecule has 1 aromatic heterocycles. The van der Waals surface area contributed by atoms with E-state index in [9.17, 15) is 0 Å². The van der Waals surface area contributed by atoms with Gasteiger partial charge < -0.3 is 4.65 Å². The molecule has 5 nitrogen and oxygen atoms in total. The lowest BCUT2D eigenvalue weighted by molar-refractivity contribution is -0.671. The average Bonchev–Trinajstić information content (AvgIpc) is 2.76. The van der Waals surface area contributed by atoms with E-state index in [0.29, 0.717) is 6.61 Å². The number of aromatic nitrogens is 2. The second-order valence-electron chi connectivity index (χ2n) is 3.82. The quantitative estimate of drug-likeness (QED) is 0.580. The predicted octanol–water partition coefficient (Wildman–Crippen LogP) is 1.06. The van der Waals surface area contributed by atoms with Crippen molar-refractivity contribution in [1.29, 1.82) is 10.5 Å². The standard InChI is InChI=1S/C6H11N2.C5H8BN2O/c1-3-8-5-4-7(2)6-8;1-3-9-6(2,4-7)5-8/h4-6H,3H2,1-2H3;3H2,1-2H3/q+1;-1. The van der Waals surface area contributed by atoms with E-state index in [2.05, 4.69) is 24.0 Å². The Morgan fingerprint density at radius 1 is 1.35 bits per heavy atom. The number of aryl methyl sites for hydroxylation is 2. The fourth-order valence-corrected chi connectivity index (χ4v) is 1.13. The zero-order valence-corrected chi connectivity index (χ0v) is 10.9. The molecule has 0 N–H and O–H groups in total. The van der Waals surface area contributed by atoms with Crippen molar-refractivity contribution in [3.8, 4) is 11.9 Å². The molecule has 6 heteroatoms. The molecule has 1 heterocycles. The van der Waals surface area contributed by atoms with E-state index >= 15 is 0 Å². The lowest BCUT2D eigenvalue weighted by Crippen LogP contribution is -2.31. The van der Waals surface area contributed by atoms with Gasteiger partial charge in [0.1, 0.15) is 12.4 Å². The van der Waals surface area contributed by atoms with Gasteiger partial charge in [-0.05, 0) is 20.5 Å². The Labute approximate surface area is 103 Å². The molecule has 0 aliphatic heterocycles. The molecule has 0 saturated carbocycles. The normalized spacial score (nSPS) is 9.76. The Hall–Kier alpha value is -1.79. The van der Waals surface area contributed by atoms with Gasteiger partial charge in [0.05, 0.1) is 13.6 Å². The monoisotopic (exact) mass is 234 g/mol. The summed E-state index contributed by atoms with van der Waals surface area (Å²) >= 11 is 0. The molecule has 0 aliphatic rings. The molecule has 1 aromatic rings. The summed E-state index contributed by atoms with van der Waals surface area (Å²) in [5.74, 6) is 3.62. The van der Waals surface area contributed by atoms with E-state index < -0.39 is 6.35 Å². The van der Waals surface area contributed by atoms with Crippen molar-refractivity contribution in [2.24, 2.45) is 7.05 Å². The lowest BCUT2D eigenvalue weighted by Gasteiger charge is -2.19. The van der Waals surface area contributed by atoms with Crippen molar-refractivity contribution in [3.63, 3.8) is 0 Å². The molecule has 0 spiro atoms. The first kappa shape index (κ1) is 15.2. The zero-order chi connectivity index (χ0) is 13.3. The zero-order valence-electron chi connectivity index (χ0n) is 10.9. The Kier molecular flexibility index (Phi) is 6.70. The third-order valence-corrected chi connectivity index (χ3v) is 2.18. The molecule has 0 aromatic carbocycles. The van der Waals surface area contributed by atoms with Gasteiger partial charge in [0, 0.05) is 0 Å². The van der Waals surface area contributed by atoms with Crippen LogP contribution in [0.2, 0.25) is 6.82 Å². The summed E-state index contributed by atoms with van der Waals surface area (Å²) in [4.78, 5) is 0. The fraction of sp³-hybridized carbons (Fsp3) is 0.545. The van der Waals surface area contributed by atoms with Gasteiger partial charge >= 0.3 is 6.35 Å². The maximum Gasteiger partial charge on any atom is 0.312 e. The number of hydrogen-bond donors (Lipinski definition) is 0. The Balaban J connectivity index is 0.000000302. The summed E-state index contributed by atoms with van der Waals surface area (Å²) in [6.07, 6.45) is 4.29. The largest absolute Gasteiger partial charge is 0.568 e. The number of nitriles is 2. The molecule has 0 fully saturated rings. The highest BCUT2D eigenvalue weighted by molar-refractivity contribution is 6.86. The molecule has 92 valence electrons. The topological polar surface area (TPSA) is 65.6 Å². The van der Waals surface area contributed by atoms with Crippen LogP contribution in [0, 0.1) is 22.5 Å². The van der Waals surface area contributed by atoms with E-state index in [1.807, 2.05) is 29.7 Å². The Morgan fingerprint density at radius 3 is 2.12 bits per heavy atom. The fourth-order valence-electron chi connectivity index (χ4n) is 1.13. The van der Waals surface area contributed by atoms with Gasteiger partial charge in [-0.3, -0.25) is 0 Å². The molecule has 0 bridgehead atoms. The van der Waals surface area contributed by atoms with Crippen molar-refractivity contribution < 1.29 is 9.22 Å². The molecular weight excluding hydrogens is 215 g/mol. The van der Waals surface area contributed by atoms with Crippen LogP contribution in [0.3, 0.4) is 0 Å². The van der Waals surface area contributed by atoms with Crippen LogP contribution in [0.25, 0.3) is 0 Å². The Bertz CT molecular complexity index is 402. The summed E-state index contributed by atoms with van der Waals surface area (Å²) in [5.41, 5.74) is 0. The highest BCUT2D eigenvalue weighted by atomic mass is 16.4. The van der Waals surface area contributed by atoms with E-state index in [1.54, 1.807) is 6.92 Å². The molecule has 0 radical (unpaired) electrons. The van der Waals surface area contributed by atoms with Crippen LogP contribution in [0.15, 0.2) is 18.7 Å². The number of hydrogen-bond acceptors (Lipinski definition) is 3. The molecular formula is C11H19BN4O. The number of nitrogens with zero attached hydrogens (tertiary/aromatic N) is 4. The first-order valence-electron chi connectivity index (χ1n) is 5.67. The second kappa shape index (κ2) is 7.48. The van der Waals surface area contributed by atoms with Crippen molar-refractivity contribution in [1.82, 2.24) is 4.57 Å². The molecule has 1 rings (SSSR count). The molecule has 0 unspecified atom stereocenters. The van der Waals surface area contributed by atoms with Gasteiger partial charge in [-0.15, -0.1) is 18.8 Å². The van der Waals surface area contributed by atoms with Gasteiger partial charge in [0.15, 0.2) is 0 Å². The maximum absolute atomic E-state index is 8.35. The summed E-state index contributed by atoms with van der Waals surface area (Å²) in [7, 11) is 2.02. The van der Waals surface area contributed by atoms with Gasteiger partial charge in [0.25, 0.3) is 0 Å². The van der Waals surface area contributed by atoms with Crippen LogP contribution < -0.4 is 4.57 Å². The second-order valence-corrected chi connectivity index (χ2v) is 3.82. The van der Waals surface area contributed by atoms with Gasteiger partial charge in [-0.25, -0.2) is 19.7 Å². The van der Waals surface area contributed by atoms with Crippen LogP contribution in [-0.4, -0.2) is 17.5 Å². The summed E-state index contributed by atoms with van der Waals surface area (Å²) in [5, 5.41) is 16.7. The molecule has 17 heavy (non-hydrogen) atoms.